The molecule has 0 saturated carbocycles. The summed E-state index contributed by atoms with van der Waals surface area (Å²) in [4.78, 5) is 4.57. The average molecular weight is 489 g/mol. The van der Waals surface area contributed by atoms with Gasteiger partial charge in [-0.15, -0.1) is 0 Å². The second-order valence-electron chi connectivity index (χ2n) is 6.35. The minimum atomic E-state index is -0.874. The molecule has 2 aliphatic rings. The molecule has 3 atom stereocenters. The monoisotopic (exact) mass is 488 g/mol. The second-order valence-corrected chi connectivity index (χ2v) is 7.95. The highest BCUT2D eigenvalue weighted by Crippen LogP contribution is 2.32. The lowest BCUT2D eigenvalue weighted by Crippen LogP contribution is -2.33. The molecule has 3 N–H and O–H groups in total. The number of hydrogen-bond acceptors (Lipinski definition) is 6. The second kappa shape index (κ2) is 7.35. The van der Waals surface area contributed by atoms with E-state index in [4.69, 9.17) is 16.3 Å². The maximum Gasteiger partial charge on any atom is 0.140 e. The lowest BCUT2D eigenvalue weighted by molar-refractivity contribution is 0.0155. The molecule has 2 aliphatic heterocycles. The molecule has 9 heteroatoms. The normalized spacial score (nSPS) is 24.8. The number of nitrogens with zero attached hydrogens (tertiary/aromatic N) is 3. The van der Waals surface area contributed by atoms with E-state index in [-0.39, 0.29) is 6.61 Å². The van der Waals surface area contributed by atoms with Crippen molar-refractivity contribution in [1.29, 1.82) is 0 Å². The number of aromatic nitrogens is 1. The zero-order valence-corrected chi connectivity index (χ0v) is 16.6. The minimum absolute atomic E-state index is 0.161. The Labute approximate surface area is 169 Å². The van der Waals surface area contributed by atoms with Crippen molar-refractivity contribution < 1.29 is 14.9 Å². The summed E-state index contributed by atoms with van der Waals surface area (Å²) in [7, 11) is 0. The molecule has 7 nitrogen and oxygen atoms in total. The van der Waals surface area contributed by atoms with E-state index in [0.717, 1.165) is 20.6 Å². The molecule has 138 valence electrons. The number of hydrogen-bond donors (Lipinski definition) is 3. The number of rotatable bonds is 4. The summed E-state index contributed by atoms with van der Waals surface area (Å²) in [5.41, 5.74) is 5.31. The molecule has 0 radical (unpaired) electrons. The number of aliphatic imine (C=N–C) groups is 1. The Hall–Kier alpha value is -1.33. The van der Waals surface area contributed by atoms with Crippen LogP contribution in [0.15, 0.2) is 35.5 Å². The quantitative estimate of drug-likeness (QED) is 0.576. The standard InChI is InChI=1S/C17H18ClIN4O3/c18-10-1-3-11(4-2-10)21-23-5-12-13(19)6-22(17(12)20-9-23)7-15-16(25)14(24)8-26-15/h1-4,6,9,14-16,21,24-25H,5,7-8H2/t14-,15+,16-/m0/s1. The van der Waals surface area contributed by atoms with Crippen LogP contribution >= 0.6 is 34.2 Å². The first-order valence-electron chi connectivity index (χ1n) is 8.19. The molecule has 0 unspecified atom stereocenters. The third kappa shape index (κ3) is 3.56. The minimum Gasteiger partial charge on any atom is -0.388 e. The van der Waals surface area contributed by atoms with Crippen LogP contribution in [0.25, 0.3) is 0 Å². The molecule has 1 aromatic carbocycles. The number of halogens is 2. The predicted molar refractivity (Wildman–Crippen MR) is 108 cm³/mol. The van der Waals surface area contributed by atoms with Gasteiger partial charge in [0.2, 0.25) is 0 Å². The Balaban J connectivity index is 1.49. The van der Waals surface area contributed by atoms with Crippen LogP contribution in [0.1, 0.15) is 5.56 Å². The van der Waals surface area contributed by atoms with Crippen LogP contribution in [0.5, 0.6) is 0 Å². The molecular weight excluding hydrogens is 471 g/mol. The van der Waals surface area contributed by atoms with Crippen molar-refractivity contribution >= 4 is 52.0 Å². The Bertz CT molecular complexity index is 826. The first-order valence-corrected chi connectivity index (χ1v) is 9.65. The molecule has 0 amide bonds. The fraction of sp³-hybridized carbons (Fsp3) is 0.353. The lowest BCUT2D eigenvalue weighted by atomic mass is 10.1. The molecule has 0 spiro atoms. The maximum absolute atomic E-state index is 10.00. The Morgan fingerprint density at radius 2 is 2.08 bits per heavy atom. The van der Waals surface area contributed by atoms with Crippen molar-refractivity contribution in [2.24, 2.45) is 4.99 Å². The van der Waals surface area contributed by atoms with Crippen molar-refractivity contribution in [3.63, 3.8) is 0 Å². The number of aliphatic hydroxyl groups excluding tert-OH is 2. The van der Waals surface area contributed by atoms with Gasteiger partial charge < -0.3 is 19.5 Å². The summed E-state index contributed by atoms with van der Waals surface area (Å²) in [5.74, 6) is 0.848. The fourth-order valence-corrected chi connectivity index (χ4v) is 3.98. The summed E-state index contributed by atoms with van der Waals surface area (Å²) in [6, 6.07) is 7.48. The van der Waals surface area contributed by atoms with Crippen LogP contribution in [-0.4, -0.2) is 51.0 Å². The van der Waals surface area contributed by atoms with Crippen molar-refractivity contribution in [2.45, 2.75) is 31.4 Å². The zero-order valence-electron chi connectivity index (χ0n) is 13.7. The van der Waals surface area contributed by atoms with Gasteiger partial charge in [-0.25, -0.2) is 4.99 Å². The van der Waals surface area contributed by atoms with Crippen molar-refractivity contribution in [3.05, 3.63) is 44.6 Å². The molecule has 1 saturated heterocycles. The maximum atomic E-state index is 10.00. The highest BCUT2D eigenvalue weighted by atomic mass is 127. The van der Waals surface area contributed by atoms with Crippen LogP contribution in [0.4, 0.5) is 11.5 Å². The summed E-state index contributed by atoms with van der Waals surface area (Å²) < 4.78 is 8.54. The molecule has 0 aliphatic carbocycles. The Morgan fingerprint density at radius 1 is 1.31 bits per heavy atom. The zero-order chi connectivity index (χ0) is 18.3. The molecule has 1 aromatic heterocycles. The summed E-state index contributed by atoms with van der Waals surface area (Å²) in [6.45, 7) is 1.27. The number of fused-ring (bicyclic) bond motifs is 1. The highest BCUT2D eigenvalue weighted by molar-refractivity contribution is 14.1. The van der Waals surface area contributed by atoms with Crippen LogP contribution in [0.2, 0.25) is 5.02 Å². The van der Waals surface area contributed by atoms with E-state index in [1.54, 1.807) is 6.34 Å². The van der Waals surface area contributed by atoms with Gasteiger partial charge in [-0.2, -0.15) is 0 Å². The molecule has 0 bridgehead atoms. The van der Waals surface area contributed by atoms with Gasteiger partial charge >= 0.3 is 0 Å². The predicted octanol–water partition coefficient (Wildman–Crippen LogP) is 2.37. The summed E-state index contributed by atoms with van der Waals surface area (Å²) in [5, 5.41) is 22.2. The van der Waals surface area contributed by atoms with Crippen molar-refractivity contribution in [3.8, 4) is 0 Å². The van der Waals surface area contributed by atoms with Crippen LogP contribution in [0, 0.1) is 3.57 Å². The van der Waals surface area contributed by atoms with Gasteiger partial charge in [0, 0.05) is 20.4 Å². The van der Waals surface area contributed by atoms with E-state index < -0.39 is 18.3 Å². The number of aliphatic hydroxyl groups is 2. The number of hydrazine groups is 1. The molecule has 26 heavy (non-hydrogen) atoms. The first-order chi connectivity index (χ1) is 12.5. The van der Waals surface area contributed by atoms with Crippen molar-refractivity contribution in [1.82, 2.24) is 9.58 Å². The number of nitrogens with one attached hydrogen (secondary N) is 1. The van der Waals surface area contributed by atoms with E-state index in [9.17, 15) is 10.2 Å². The van der Waals surface area contributed by atoms with Gasteiger partial charge in [-0.1, -0.05) is 11.6 Å². The van der Waals surface area contributed by atoms with Gasteiger partial charge in [0.1, 0.15) is 30.5 Å². The molecular formula is C17H18ClIN4O3. The fourth-order valence-electron chi connectivity index (χ4n) is 3.11. The van der Waals surface area contributed by atoms with E-state index in [2.05, 4.69) is 33.0 Å². The molecule has 4 rings (SSSR count). The van der Waals surface area contributed by atoms with Crippen LogP contribution in [-0.2, 0) is 17.8 Å². The smallest absolute Gasteiger partial charge is 0.140 e. The van der Waals surface area contributed by atoms with Crippen LogP contribution in [0.3, 0.4) is 0 Å². The van der Waals surface area contributed by atoms with Gasteiger partial charge in [-0.05, 0) is 46.9 Å². The van der Waals surface area contributed by atoms with Gasteiger partial charge in [-0.3, -0.25) is 10.4 Å². The molecule has 1 fully saturated rings. The van der Waals surface area contributed by atoms with Gasteiger partial charge in [0.25, 0.3) is 0 Å². The Kier molecular flexibility index (Phi) is 5.11. The number of benzene rings is 1. The SMILES string of the molecule is O[C@H]1[C@@H](O)CO[C@@H]1Cn1cc(I)c2c1N=CN(Nc1ccc(Cl)cc1)C2. The largest absolute Gasteiger partial charge is 0.388 e. The van der Waals surface area contributed by atoms with Crippen LogP contribution < -0.4 is 5.43 Å². The molecule has 3 heterocycles. The third-order valence-electron chi connectivity index (χ3n) is 4.50. The van der Waals surface area contributed by atoms with E-state index in [0.29, 0.717) is 18.1 Å². The van der Waals surface area contributed by atoms with Gasteiger partial charge in [0.05, 0.1) is 25.4 Å². The molecule has 2 aromatic rings. The number of anilines is 1. The average Bonchev–Trinajstić information content (AvgIpc) is 3.11. The van der Waals surface area contributed by atoms with Crippen molar-refractivity contribution in [2.75, 3.05) is 12.0 Å². The van der Waals surface area contributed by atoms with E-state index >= 15 is 0 Å². The number of ether oxygens (including phenoxy) is 1. The Morgan fingerprint density at radius 3 is 2.77 bits per heavy atom. The summed E-state index contributed by atoms with van der Waals surface area (Å²) >= 11 is 8.20. The van der Waals surface area contributed by atoms with E-state index in [1.165, 1.54) is 0 Å². The highest BCUT2D eigenvalue weighted by Gasteiger charge is 2.35. The topological polar surface area (TPSA) is 82.2 Å². The first kappa shape index (κ1) is 18.1. The lowest BCUT2D eigenvalue weighted by Gasteiger charge is -2.25. The third-order valence-corrected chi connectivity index (χ3v) is 5.68. The summed E-state index contributed by atoms with van der Waals surface area (Å²) in [6.07, 6.45) is 1.60. The van der Waals surface area contributed by atoms with E-state index in [1.807, 2.05) is 40.0 Å². The van der Waals surface area contributed by atoms with Gasteiger partial charge in [0.15, 0.2) is 0 Å².